The van der Waals surface area contributed by atoms with Gasteiger partial charge in [-0.15, -0.1) is 5.10 Å². The molecular formula is C27H25N5O2S. The Labute approximate surface area is 207 Å². The molecule has 0 atom stereocenters. The minimum absolute atomic E-state index is 0.0971. The third-order valence-corrected chi connectivity index (χ3v) is 7.38. The fraction of sp³-hybridized carbons (Fsp3) is 0.259. The lowest BCUT2D eigenvalue weighted by Gasteiger charge is -2.17. The number of hydrogen-bond donors (Lipinski definition) is 0. The molecule has 7 nitrogen and oxygen atoms in total. The molecule has 0 saturated carbocycles. The summed E-state index contributed by atoms with van der Waals surface area (Å²) in [6, 6.07) is 17.7. The molecule has 0 unspecified atom stereocenters. The summed E-state index contributed by atoms with van der Waals surface area (Å²) in [5.74, 6) is 1.75. The molecule has 0 aliphatic carbocycles. The number of hydrogen-bond acceptors (Lipinski definition) is 6. The second kappa shape index (κ2) is 9.19. The number of aromatic nitrogens is 5. The zero-order valence-electron chi connectivity index (χ0n) is 19.5. The van der Waals surface area contributed by atoms with Crippen LogP contribution in [-0.4, -0.2) is 24.3 Å². The van der Waals surface area contributed by atoms with Crippen molar-refractivity contribution in [3.63, 3.8) is 0 Å². The van der Waals surface area contributed by atoms with E-state index < -0.39 is 0 Å². The summed E-state index contributed by atoms with van der Waals surface area (Å²) in [5, 5.41) is 5.49. The number of para-hydroxylation sites is 1. The maximum absolute atomic E-state index is 13.4. The first-order valence-electron chi connectivity index (χ1n) is 11.9. The van der Waals surface area contributed by atoms with Crippen molar-refractivity contribution in [3.8, 4) is 28.5 Å². The van der Waals surface area contributed by atoms with Crippen molar-refractivity contribution >= 4 is 11.8 Å². The number of fused-ring (bicyclic) bond motifs is 3. The van der Waals surface area contributed by atoms with Crippen molar-refractivity contribution in [1.29, 1.82) is 0 Å². The largest absolute Gasteiger partial charge is 0.444 e. The highest BCUT2D eigenvalue weighted by molar-refractivity contribution is 7.98. The Morgan fingerprint density at radius 2 is 1.83 bits per heavy atom. The summed E-state index contributed by atoms with van der Waals surface area (Å²) >= 11 is 1.61. The number of aryl methyl sites for hydroxylation is 1. The van der Waals surface area contributed by atoms with Crippen LogP contribution in [0.2, 0.25) is 0 Å². The molecule has 4 heterocycles. The van der Waals surface area contributed by atoms with Crippen LogP contribution >= 0.6 is 11.8 Å². The second-order valence-electron chi connectivity index (χ2n) is 8.85. The third kappa shape index (κ3) is 4.18. The van der Waals surface area contributed by atoms with Gasteiger partial charge < -0.3 is 8.98 Å². The summed E-state index contributed by atoms with van der Waals surface area (Å²) in [7, 11) is 0. The number of oxazole rings is 1. The lowest BCUT2D eigenvalue weighted by molar-refractivity contribution is 0.570. The molecule has 1 aromatic heterocycles. The number of thioether (sulfide) groups is 1. The molecular weight excluding hydrogens is 458 g/mol. The van der Waals surface area contributed by atoms with E-state index in [9.17, 15) is 4.79 Å². The van der Waals surface area contributed by atoms with Crippen LogP contribution in [0.15, 0.2) is 75.2 Å². The maximum Gasteiger partial charge on any atom is 0.284 e. The molecule has 0 spiro atoms. The van der Waals surface area contributed by atoms with Gasteiger partial charge in [0.1, 0.15) is 11.8 Å². The van der Waals surface area contributed by atoms with Crippen molar-refractivity contribution in [2.24, 2.45) is 0 Å². The minimum atomic E-state index is -0.0971. The number of benzene rings is 2. The molecule has 176 valence electrons. The van der Waals surface area contributed by atoms with Gasteiger partial charge in [0.25, 0.3) is 5.56 Å². The zero-order chi connectivity index (χ0) is 23.8. The molecule has 3 aliphatic rings. The van der Waals surface area contributed by atoms with Crippen molar-refractivity contribution in [2.75, 3.05) is 0 Å². The minimum Gasteiger partial charge on any atom is -0.444 e. The van der Waals surface area contributed by atoms with Crippen LogP contribution in [0.3, 0.4) is 0 Å². The molecule has 35 heavy (non-hydrogen) atoms. The van der Waals surface area contributed by atoms with Crippen LogP contribution < -0.4 is 5.56 Å². The smallest absolute Gasteiger partial charge is 0.284 e. The lowest BCUT2D eigenvalue weighted by Crippen LogP contribution is -2.19. The molecule has 0 saturated heterocycles. The van der Waals surface area contributed by atoms with Crippen LogP contribution in [0.4, 0.5) is 0 Å². The van der Waals surface area contributed by atoms with Gasteiger partial charge in [-0.3, -0.25) is 4.79 Å². The molecule has 0 fully saturated rings. The monoisotopic (exact) mass is 483 g/mol. The Morgan fingerprint density at radius 3 is 2.66 bits per heavy atom. The van der Waals surface area contributed by atoms with Crippen LogP contribution in [0.1, 0.15) is 36.2 Å². The molecule has 8 heteroatoms. The standard InChI is InChI=1S/C27H25N5O2S/c1-18-11-13-19(14-12-18)25-28-20(16-34-25)17-35-27-29-24-23(22-10-6-3-7-15-31(22)27)26(33)32(30-24)21-8-4-2-5-9-21/h2,4-5,8-9,11-14,16H,3,6-7,10,15,17H2,1H3. The van der Waals surface area contributed by atoms with Gasteiger partial charge in [0.05, 0.1) is 11.4 Å². The summed E-state index contributed by atoms with van der Waals surface area (Å²) in [6.45, 7) is 2.91. The predicted molar refractivity (Wildman–Crippen MR) is 136 cm³/mol. The van der Waals surface area contributed by atoms with Crippen molar-refractivity contribution in [1.82, 2.24) is 24.3 Å². The lowest BCUT2D eigenvalue weighted by atomic mass is 10.1. The maximum atomic E-state index is 13.4. The SMILES string of the molecule is Cc1ccc(-c2nc(CSc3nc4nn(-c5ccccc5)c(=O)c-4c4n3CCCCC4)co2)cc1. The zero-order valence-corrected chi connectivity index (χ0v) is 20.3. The Bertz CT molecular complexity index is 1500. The third-order valence-electron chi connectivity index (χ3n) is 6.37. The molecule has 0 radical (unpaired) electrons. The van der Waals surface area contributed by atoms with Crippen molar-refractivity contribution < 1.29 is 4.42 Å². The predicted octanol–water partition coefficient (Wildman–Crippen LogP) is 5.52. The van der Waals surface area contributed by atoms with Crippen LogP contribution in [0, 0.1) is 6.92 Å². The van der Waals surface area contributed by atoms with Gasteiger partial charge in [-0.25, -0.2) is 9.97 Å². The number of rotatable bonds is 5. The fourth-order valence-electron chi connectivity index (χ4n) is 4.55. The van der Waals surface area contributed by atoms with E-state index in [2.05, 4.69) is 33.7 Å². The van der Waals surface area contributed by atoms with Gasteiger partial charge in [0, 0.05) is 23.6 Å². The first-order chi connectivity index (χ1) is 17.2. The van der Waals surface area contributed by atoms with Gasteiger partial charge >= 0.3 is 0 Å². The highest BCUT2D eigenvalue weighted by atomic mass is 32.2. The van der Waals surface area contributed by atoms with Crippen molar-refractivity contribution in [3.05, 3.63) is 88.2 Å². The average Bonchev–Trinajstić information content (AvgIpc) is 3.40. The van der Waals surface area contributed by atoms with E-state index in [0.29, 0.717) is 23.0 Å². The Morgan fingerprint density at radius 1 is 1.00 bits per heavy atom. The van der Waals surface area contributed by atoms with E-state index in [0.717, 1.165) is 60.0 Å². The van der Waals surface area contributed by atoms with E-state index in [1.54, 1.807) is 18.0 Å². The molecule has 2 aromatic carbocycles. The Hall–Kier alpha value is -3.65. The second-order valence-corrected chi connectivity index (χ2v) is 9.80. The molecule has 3 aliphatic heterocycles. The molecule has 6 rings (SSSR count). The molecule has 0 N–H and O–H groups in total. The number of nitrogens with zero attached hydrogens (tertiary/aromatic N) is 5. The van der Waals surface area contributed by atoms with Crippen LogP contribution in [-0.2, 0) is 18.7 Å². The highest BCUT2D eigenvalue weighted by Gasteiger charge is 2.27. The first kappa shape index (κ1) is 21.9. The van der Waals surface area contributed by atoms with E-state index in [-0.39, 0.29) is 5.56 Å². The van der Waals surface area contributed by atoms with Gasteiger partial charge in [-0.2, -0.15) is 4.68 Å². The average molecular weight is 484 g/mol. The molecule has 0 bridgehead atoms. The van der Waals surface area contributed by atoms with E-state index in [4.69, 9.17) is 9.40 Å². The Kier molecular flexibility index (Phi) is 5.74. The van der Waals surface area contributed by atoms with Crippen molar-refractivity contribution in [2.45, 2.75) is 50.1 Å². The fourth-order valence-corrected chi connectivity index (χ4v) is 5.47. The van der Waals surface area contributed by atoms with Crippen LogP contribution in [0.25, 0.3) is 28.5 Å². The van der Waals surface area contributed by atoms with E-state index in [1.165, 1.54) is 10.2 Å². The quantitative estimate of drug-likeness (QED) is 0.242. The summed E-state index contributed by atoms with van der Waals surface area (Å²) in [5.41, 5.74) is 5.36. The van der Waals surface area contributed by atoms with Gasteiger partial charge in [0.2, 0.25) is 5.89 Å². The van der Waals surface area contributed by atoms with Gasteiger partial charge in [-0.1, -0.05) is 54.1 Å². The van der Waals surface area contributed by atoms with Crippen LogP contribution in [0.5, 0.6) is 0 Å². The highest BCUT2D eigenvalue weighted by Crippen LogP contribution is 2.32. The first-order valence-corrected chi connectivity index (χ1v) is 12.9. The summed E-state index contributed by atoms with van der Waals surface area (Å²) in [6.07, 6.45) is 5.83. The Balaban J connectivity index is 1.35. The topological polar surface area (TPSA) is 78.7 Å². The van der Waals surface area contributed by atoms with E-state index in [1.807, 2.05) is 42.5 Å². The van der Waals surface area contributed by atoms with Gasteiger partial charge in [-0.05, 0) is 50.5 Å². The van der Waals surface area contributed by atoms with E-state index >= 15 is 0 Å². The molecule has 0 amide bonds. The summed E-state index contributed by atoms with van der Waals surface area (Å²) < 4.78 is 9.44. The normalized spacial score (nSPS) is 13.6. The summed E-state index contributed by atoms with van der Waals surface area (Å²) in [4.78, 5) is 22.9. The van der Waals surface area contributed by atoms with Gasteiger partial charge in [0.15, 0.2) is 11.0 Å². The molecule has 3 aromatic rings.